The number of amides is 2. The third-order valence-corrected chi connectivity index (χ3v) is 5.66. The number of hydrogen-bond donors (Lipinski definition) is 2. The van der Waals surface area contributed by atoms with Crippen molar-refractivity contribution in [3.63, 3.8) is 0 Å². The van der Waals surface area contributed by atoms with Crippen LogP contribution >= 0.6 is 0 Å². The highest BCUT2D eigenvalue weighted by Crippen LogP contribution is 2.26. The Bertz CT molecular complexity index is 822. The highest BCUT2D eigenvalue weighted by Gasteiger charge is 2.28. The van der Waals surface area contributed by atoms with Crippen molar-refractivity contribution < 1.29 is 13.2 Å². The van der Waals surface area contributed by atoms with Gasteiger partial charge >= 0.3 is 6.03 Å². The van der Waals surface area contributed by atoms with Crippen molar-refractivity contribution in [1.82, 2.24) is 5.32 Å². The SMILES string of the molecule is O=C(NCc1ccccc1)Nc1cccc(N2CCCS2(=O)=O)c1. The molecular formula is C17H19N3O3S. The second-order valence-electron chi connectivity index (χ2n) is 5.59. The third kappa shape index (κ3) is 3.86. The molecule has 1 fully saturated rings. The summed E-state index contributed by atoms with van der Waals surface area (Å²) in [6.07, 6.45) is 0.623. The monoisotopic (exact) mass is 345 g/mol. The Hall–Kier alpha value is -2.54. The number of carbonyl (C=O) groups is 1. The predicted molar refractivity (Wildman–Crippen MR) is 94.5 cm³/mol. The zero-order chi connectivity index (χ0) is 17.0. The summed E-state index contributed by atoms with van der Waals surface area (Å²) in [5, 5.41) is 5.50. The van der Waals surface area contributed by atoms with Gasteiger partial charge < -0.3 is 10.6 Å². The second-order valence-corrected chi connectivity index (χ2v) is 7.60. The van der Waals surface area contributed by atoms with Crippen LogP contribution in [-0.4, -0.2) is 26.7 Å². The van der Waals surface area contributed by atoms with E-state index < -0.39 is 10.0 Å². The highest BCUT2D eigenvalue weighted by molar-refractivity contribution is 7.93. The van der Waals surface area contributed by atoms with Crippen molar-refractivity contribution in [3.05, 3.63) is 60.2 Å². The second kappa shape index (κ2) is 6.92. The largest absolute Gasteiger partial charge is 0.334 e. The molecule has 2 N–H and O–H groups in total. The average Bonchev–Trinajstić information content (AvgIpc) is 2.93. The number of rotatable bonds is 4. The maximum atomic E-state index is 12.0. The molecule has 0 bridgehead atoms. The van der Waals surface area contributed by atoms with Crippen LogP contribution in [0.3, 0.4) is 0 Å². The molecule has 24 heavy (non-hydrogen) atoms. The van der Waals surface area contributed by atoms with Crippen LogP contribution in [0, 0.1) is 0 Å². The van der Waals surface area contributed by atoms with Gasteiger partial charge in [-0.15, -0.1) is 0 Å². The average molecular weight is 345 g/mol. The van der Waals surface area contributed by atoms with E-state index in [0.29, 0.717) is 30.9 Å². The van der Waals surface area contributed by atoms with Gasteiger partial charge in [-0.05, 0) is 30.2 Å². The molecule has 1 saturated heterocycles. The standard InChI is InChI=1S/C17H19N3O3S/c21-17(18-13-14-6-2-1-3-7-14)19-15-8-4-9-16(12-15)20-10-5-11-24(20,22)23/h1-4,6-9,12H,5,10-11,13H2,(H2,18,19,21). The lowest BCUT2D eigenvalue weighted by atomic mass is 10.2. The minimum Gasteiger partial charge on any atom is -0.334 e. The minimum atomic E-state index is -3.23. The van der Waals surface area contributed by atoms with Crippen LogP contribution < -0.4 is 14.9 Å². The fraction of sp³-hybridized carbons (Fsp3) is 0.235. The molecule has 0 atom stereocenters. The van der Waals surface area contributed by atoms with Gasteiger partial charge in [-0.1, -0.05) is 36.4 Å². The lowest BCUT2D eigenvalue weighted by Gasteiger charge is -2.18. The molecule has 3 rings (SSSR count). The van der Waals surface area contributed by atoms with E-state index in [1.54, 1.807) is 24.3 Å². The Kier molecular flexibility index (Phi) is 4.71. The fourth-order valence-electron chi connectivity index (χ4n) is 2.62. The van der Waals surface area contributed by atoms with E-state index in [4.69, 9.17) is 0 Å². The van der Waals surface area contributed by atoms with Crippen LogP contribution in [0.5, 0.6) is 0 Å². The van der Waals surface area contributed by atoms with E-state index in [1.807, 2.05) is 30.3 Å². The zero-order valence-corrected chi connectivity index (χ0v) is 13.9. The summed E-state index contributed by atoms with van der Waals surface area (Å²) in [5.41, 5.74) is 2.14. The molecule has 6 nitrogen and oxygen atoms in total. The van der Waals surface area contributed by atoms with Gasteiger partial charge in [0.25, 0.3) is 0 Å². The number of nitrogens with one attached hydrogen (secondary N) is 2. The molecule has 126 valence electrons. The van der Waals surface area contributed by atoms with Gasteiger partial charge in [0, 0.05) is 18.8 Å². The Morgan fingerprint density at radius 3 is 2.58 bits per heavy atom. The number of urea groups is 1. The molecule has 1 aliphatic heterocycles. The molecule has 0 aromatic heterocycles. The predicted octanol–water partition coefficient (Wildman–Crippen LogP) is 2.55. The third-order valence-electron chi connectivity index (χ3n) is 3.79. The molecule has 0 unspecified atom stereocenters. The summed E-state index contributed by atoms with van der Waals surface area (Å²) >= 11 is 0. The van der Waals surface area contributed by atoms with Crippen molar-refractivity contribution in [3.8, 4) is 0 Å². The number of anilines is 2. The number of sulfonamides is 1. The molecule has 7 heteroatoms. The van der Waals surface area contributed by atoms with Gasteiger partial charge in [-0.3, -0.25) is 4.31 Å². The van der Waals surface area contributed by atoms with Crippen LogP contribution in [0.2, 0.25) is 0 Å². The van der Waals surface area contributed by atoms with Gasteiger partial charge in [-0.2, -0.15) is 0 Å². The fourth-order valence-corrected chi connectivity index (χ4v) is 4.18. The van der Waals surface area contributed by atoms with Crippen molar-refractivity contribution in [1.29, 1.82) is 0 Å². The van der Waals surface area contributed by atoms with Crippen LogP contribution in [0.4, 0.5) is 16.2 Å². The van der Waals surface area contributed by atoms with Crippen LogP contribution in [0.1, 0.15) is 12.0 Å². The molecule has 0 saturated carbocycles. The Labute approximate surface area is 141 Å². The van der Waals surface area contributed by atoms with E-state index in [-0.39, 0.29) is 11.8 Å². The number of hydrogen-bond acceptors (Lipinski definition) is 3. The Morgan fingerprint density at radius 1 is 1.08 bits per heavy atom. The van der Waals surface area contributed by atoms with Gasteiger partial charge in [0.1, 0.15) is 0 Å². The van der Waals surface area contributed by atoms with Crippen molar-refractivity contribution >= 4 is 27.4 Å². The summed E-state index contributed by atoms with van der Waals surface area (Å²) in [6, 6.07) is 16.1. The number of carbonyl (C=O) groups excluding carboxylic acids is 1. The quantitative estimate of drug-likeness (QED) is 0.894. The van der Waals surface area contributed by atoms with Crippen molar-refractivity contribution in [2.24, 2.45) is 0 Å². The first-order valence-corrected chi connectivity index (χ1v) is 9.35. The van der Waals surface area contributed by atoms with Crippen LogP contribution in [-0.2, 0) is 16.6 Å². The molecule has 1 aliphatic rings. The van der Waals surface area contributed by atoms with E-state index >= 15 is 0 Å². The summed E-state index contributed by atoms with van der Waals surface area (Å²) in [6.45, 7) is 0.902. The molecule has 2 amide bonds. The van der Waals surface area contributed by atoms with E-state index in [9.17, 15) is 13.2 Å². The van der Waals surface area contributed by atoms with Crippen molar-refractivity contribution in [2.75, 3.05) is 21.9 Å². The maximum Gasteiger partial charge on any atom is 0.319 e. The molecule has 0 spiro atoms. The van der Waals surface area contributed by atoms with Gasteiger partial charge in [0.05, 0.1) is 11.4 Å². The van der Waals surface area contributed by atoms with E-state index in [1.165, 1.54) is 4.31 Å². The molecule has 2 aromatic carbocycles. The molecule has 2 aromatic rings. The summed E-state index contributed by atoms with van der Waals surface area (Å²) in [7, 11) is -3.23. The zero-order valence-electron chi connectivity index (χ0n) is 13.1. The smallest absolute Gasteiger partial charge is 0.319 e. The number of nitrogens with zero attached hydrogens (tertiary/aromatic N) is 1. The normalized spacial score (nSPS) is 15.9. The minimum absolute atomic E-state index is 0.169. The summed E-state index contributed by atoms with van der Waals surface area (Å²) < 4.78 is 25.4. The van der Waals surface area contributed by atoms with Gasteiger partial charge in [0.15, 0.2) is 0 Å². The van der Waals surface area contributed by atoms with Crippen molar-refractivity contribution in [2.45, 2.75) is 13.0 Å². The molecule has 0 aliphatic carbocycles. The lowest BCUT2D eigenvalue weighted by molar-refractivity contribution is 0.251. The van der Waals surface area contributed by atoms with E-state index in [0.717, 1.165) is 5.56 Å². The lowest BCUT2D eigenvalue weighted by Crippen LogP contribution is -2.28. The molecular weight excluding hydrogens is 326 g/mol. The first kappa shape index (κ1) is 16.3. The Balaban J connectivity index is 1.63. The highest BCUT2D eigenvalue weighted by atomic mass is 32.2. The maximum absolute atomic E-state index is 12.0. The van der Waals surface area contributed by atoms with Crippen LogP contribution in [0.25, 0.3) is 0 Å². The summed E-state index contributed by atoms with van der Waals surface area (Å²) in [5.74, 6) is 0.169. The first-order chi connectivity index (χ1) is 11.5. The number of benzene rings is 2. The van der Waals surface area contributed by atoms with Gasteiger partial charge in [-0.25, -0.2) is 13.2 Å². The van der Waals surface area contributed by atoms with E-state index in [2.05, 4.69) is 10.6 Å². The summed E-state index contributed by atoms with van der Waals surface area (Å²) in [4.78, 5) is 12.0. The van der Waals surface area contributed by atoms with Crippen LogP contribution in [0.15, 0.2) is 54.6 Å². The molecule has 1 heterocycles. The Morgan fingerprint density at radius 2 is 1.88 bits per heavy atom. The molecule has 0 radical (unpaired) electrons. The topological polar surface area (TPSA) is 78.5 Å². The first-order valence-electron chi connectivity index (χ1n) is 7.74. The van der Waals surface area contributed by atoms with Gasteiger partial charge in [0.2, 0.25) is 10.0 Å².